The molecule has 274 valence electrons. The lowest BCUT2D eigenvalue weighted by molar-refractivity contribution is 0.769. The van der Waals surface area contributed by atoms with E-state index in [9.17, 15) is 10.5 Å². The first-order chi connectivity index (χ1) is 29.1. The highest BCUT2D eigenvalue weighted by Crippen LogP contribution is 2.57. The van der Waals surface area contributed by atoms with Gasteiger partial charge < -0.3 is 0 Å². The molecule has 0 aliphatic heterocycles. The summed E-state index contributed by atoms with van der Waals surface area (Å²) < 4.78 is 0. The summed E-state index contributed by atoms with van der Waals surface area (Å²) in [5.74, 6) is 0.673. The van der Waals surface area contributed by atoms with Crippen molar-refractivity contribution in [2.75, 3.05) is 0 Å². The molecule has 1 aromatic heterocycles. The van der Waals surface area contributed by atoms with E-state index >= 15 is 0 Å². The van der Waals surface area contributed by atoms with Crippen LogP contribution < -0.4 is 0 Å². The minimum Gasteiger partial charge on any atom is -0.228 e. The summed E-state index contributed by atoms with van der Waals surface area (Å²) in [6.45, 7) is 0. The second kappa shape index (κ2) is 14.7. The van der Waals surface area contributed by atoms with Gasteiger partial charge in [0.05, 0.1) is 40.1 Å². The third kappa shape index (κ3) is 6.18. The van der Waals surface area contributed by atoms with Crippen molar-refractivity contribution in [2.45, 2.75) is 5.41 Å². The van der Waals surface area contributed by atoms with E-state index in [0.717, 1.165) is 72.6 Å². The average Bonchev–Trinajstić information content (AvgIpc) is 3.62. The first-order valence-electron chi connectivity index (χ1n) is 19.6. The van der Waals surface area contributed by atoms with Gasteiger partial charge in [0.1, 0.15) is 0 Å². The molecule has 1 aliphatic carbocycles. The topological polar surface area (TPSA) is 73.4 Å². The molecule has 0 N–H and O–H groups in total. The molecule has 8 aromatic carbocycles. The van der Waals surface area contributed by atoms with Crippen LogP contribution in [-0.4, -0.2) is 9.97 Å². The van der Waals surface area contributed by atoms with Gasteiger partial charge in [-0.25, -0.2) is 9.97 Å². The number of hydrogen-bond donors (Lipinski definition) is 0. The fraction of sp³-hybridized carbons (Fsp3) is 0.0182. The van der Waals surface area contributed by atoms with Gasteiger partial charge in [0.15, 0.2) is 5.82 Å². The van der Waals surface area contributed by atoms with Gasteiger partial charge in [-0.05, 0) is 92.0 Å². The minimum atomic E-state index is -0.649. The first-order valence-corrected chi connectivity index (χ1v) is 19.6. The Morgan fingerprint density at radius 2 is 0.746 bits per heavy atom. The fourth-order valence-electron chi connectivity index (χ4n) is 8.67. The van der Waals surface area contributed by atoms with Gasteiger partial charge in [0.2, 0.25) is 0 Å². The molecule has 1 aliphatic rings. The quantitative estimate of drug-likeness (QED) is 0.163. The number of hydrogen-bond acceptors (Lipinski definition) is 4. The average molecular weight is 751 g/mol. The van der Waals surface area contributed by atoms with Crippen LogP contribution in [0.3, 0.4) is 0 Å². The van der Waals surface area contributed by atoms with Crippen molar-refractivity contribution < 1.29 is 0 Å². The predicted octanol–water partition coefficient (Wildman–Crippen LogP) is 12.9. The molecule has 59 heavy (non-hydrogen) atoms. The normalized spacial score (nSPS) is 12.2. The fourth-order valence-corrected chi connectivity index (χ4v) is 8.67. The molecule has 0 spiro atoms. The van der Waals surface area contributed by atoms with Crippen molar-refractivity contribution in [3.05, 3.63) is 240 Å². The maximum Gasteiger partial charge on any atom is 0.160 e. The van der Waals surface area contributed by atoms with E-state index < -0.39 is 5.41 Å². The van der Waals surface area contributed by atoms with Crippen molar-refractivity contribution in [3.8, 4) is 79.4 Å². The zero-order valence-corrected chi connectivity index (χ0v) is 31.9. The molecule has 0 amide bonds. The third-order valence-electron chi connectivity index (χ3n) is 11.4. The van der Waals surface area contributed by atoms with Crippen LogP contribution in [0.1, 0.15) is 33.4 Å². The lowest BCUT2D eigenvalue weighted by Crippen LogP contribution is -2.28. The Hall–Kier alpha value is -8.18. The number of fused-ring (bicyclic) bond motifs is 3. The summed E-state index contributed by atoms with van der Waals surface area (Å²) in [6.07, 6.45) is 0. The Labute approximate surface area is 343 Å². The molecule has 10 rings (SSSR count). The number of rotatable bonds is 7. The smallest absolute Gasteiger partial charge is 0.160 e. The lowest BCUT2D eigenvalue weighted by atomic mass is 9.67. The molecule has 0 atom stereocenters. The largest absolute Gasteiger partial charge is 0.228 e. The van der Waals surface area contributed by atoms with Crippen molar-refractivity contribution in [2.24, 2.45) is 0 Å². The van der Waals surface area contributed by atoms with E-state index in [1.807, 2.05) is 48.5 Å². The molecule has 4 heteroatoms. The van der Waals surface area contributed by atoms with Gasteiger partial charge in [0, 0.05) is 16.7 Å². The highest BCUT2D eigenvalue weighted by Gasteiger charge is 2.46. The number of aromatic nitrogens is 2. The highest BCUT2D eigenvalue weighted by atomic mass is 14.9. The summed E-state index contributed by atoms with van der Waals surface area (Å²) in [5.41, 5.74) is 16.0. The van der Waals surface area contributed by atoms with Crippen LogP contribution >= 0.6 is 0 Å². The van der Waals surface area contributed by atoms with Crippen molar-refractivity contribution in [1.82, 2.24) is 9.97 Å². The standard InChI is InChI=1S/C55H34N4/c56-35-37-29-38(36-57)31-45(30-37)44-26-28-49-48-27-25-43(32-50(48)55(51(49)33-44,46-17-9-3-10-18-46)47-19-11-4-12-20-47)39-21-23-42(24-22-39)54-58-52(40-13-5-1-6-14-40)34-53(59-54)41-15-7-2-8-16-41/h1-34H. The minimum absolute atomic E-state index is 0.461. The first kappa shape index (κ1) is 35.2. The Morgan fingerprint density at radius 1 is 0.339 bits per heavy atom. The van der Waals surface area contributed by atoms with Crippen molar-refractivity contribution in [1.29, 1.82) is 10.5 Å². The van der Waals surface area contributed by atoms with Crippen molar-refractivity contribution >= 4 is 0 Å². The van der Waals surface area contributed by atoms with E-state index in [-0.39, 0.29) is 0 Å². The lowest BCUT2D eigenvalue weighted by Gasteiger charge is -2.34. The Morgan fingerprint density at radius 3 is 1.20 bits per heavy atom. The van der Waals surface area contributed by atoms with Crippen LogP contribution in [0.2, 0.25) is 0 Å². The molecule has 9 aromatic rings. The molecule has 1 heterocycles. The Balaban J connectivity index is 1.12. The monoisotopic (exact) mass is 750 g/mol. The molecule has 0 saturated heterocycles. The summed E-state index contributed by atoms with van der Waals surface area (Å²) in [7, 11) is 0. The third-order valence-corrected chi connectivity index (χ3v) is 11.4. The molecule has 0 fully saturated rings. The number of nitriles is 2. The summed E-state index contributed by atoms with van der Waals surface area (Å²) >= 11 is 0. The molecular formula is C55H34N4. The summed E-state index contributed by atoms with van der Waals surface area (Å²) in [6, 6.07) is 75.8. The van der Waals surface area contributed by atoms with Crippen LogP contribution in [-0.2, 0) is 5.41 Å². The molecule has 0 saturated carbocycles. The molecule has 0 bridgehead atoms. The highest BCUT2D eigenvalue weighted by molar-refractivity contribution is 5.90. The Kier molecular flexibility index (Phi) is 8.79. The number of nitrogens with zero attached hydrogens (tertiary/aromatic N) is 4. The molecule has 0 unspecified atom stereocenters. The number of benzene rings is 8. The van der Waals surface area contributed by atoms with E-state index in [0.29, 0.717) is 17.0 Å². The maximum absolute atomic E-state index is 9.82. The molecule has 0 radical (unpaired) electrons. The van der Waals surface area contributed by atoms with Gasteiger partial charge in [-0.1, -0.05) is 170 Å². The Bertz CT molecular complexity index is 2960. The molecule has 4 nitrogen and oxygen atoms in total. The van der Waals surface area contributed by atoms with E-state index in [1.54, 1.807) is 6.07 Å². The van der Waals surface area contributed by atoms with Gasteiger partial charge in [-0.2, -0.15) is 10.5 Å². The van der Waals surface area contributed by atoms with Crippen LogP contribution in [0.4, 0.5) is 0 Å². The SMILES string of the molecule is N#Cc1cc(C#N)cc(-c2ccc3c(c2)C(c2ccccc2)(c2ccccc2)c2cc(-c4ccc(-c5nc(-c6ccccc6)cc(-c6ccccc6)n5)cc4)ccc2-3)c1. The maximum atomic E-state index is 9.82. The van der Waals surface area contributed by atoms with Gasteiger partial charge in [-0.3, -0.25) is 0 Å². The van der Waals surface area contributed by atoms with Crippen LogP contribution in [0, 0.1) is 22.7 Å². The van der Waals surface area contributed by atoms with Gasteiger partial charge in [-0.15, -0.1) is 0 Å². The van der Waals surface area contributed by atoms with Gasteiger partial charge in [0.25, 0.3) is 0 Å². The van der Waals surface area contributed by atoms with E-state index in [1.165, 1.54) is 11.1 Å². The van der Waals surface area contributed by atoms with E-state index in [2.05, 4.69) is 164 Å². The molecular weight excluding hydrogens is 717 g/mol. The van der Waals surface area contributed by atoms with E-state index in [4.69, 9.17) is 9.97 Å². The zero-order chi connectivity index (χ0) is 39.8. The predicted molar refractivity (Wildman–Crippen MR) is 236 cm³/mol. The second-order valence-corrected chi connectivity index (χ2v) is 14.8. The van der Waals surface area contributed by atoms with Crippen LogP contribution in [0.15, 0.2) is 206 Å². The summed E-state index contributed by atoms with van der Waals surface area (Å²) in [5, 5.41) is 19.6. The van der Waals surface area contributed by atoms with Gasteiger partial charge >= 0.3 is 0 Å². The summed E-state index contributed by atoms with van der Waals surface area (Å²) in [4.78, 5) is 10.1. The second-order valence-electron chi connectivity index (χ2n) is 14.8. The van der Waals surface area contributed by atoms with Crippen molar-refractivity contribution in [3.63, 3.8) is 0 Å². The zero-order valence-electron chi connectivity index (χ0n) is 31.9. The van der Waals surface area contributed by atoms with Crippen LogP contribution in [0.5, 0.6) is 0 Å². The van der Waals surface area contributed by atoms with Crippen LogP contribution in [0.25, 0.3) is 67.3 Å².